The maximum Gasteiger partial charge on any atom is 0.139 e. The van der Waals surface area contributed by atoms with Crippen molar-refractivity contribution in [3.05, 3.63) is 18.5 Å². The van der Waals surface area contributed by atoms with E-state index in [1.807, 2.05) is 18.0 Å². The van der Waals surface area contributed by atoms with Gasteiger partial charge in [0.15, 0.2) is 0 Å². The third-order valence-corrected chi connectivity index (χ3v) is 4.24. The number of rotatable bonds is 8. The number of methoxy groups -OCH3 is 1. The summed E-state index contributed by atoms with van der Waals surface area (Å²) in [7, 11) is 1.73. The molecule has 1 aromatic rings. The third-order valence-electron chi connectivity index (χ3n) is 3.33. The first-order valence-electron chi connectivity index (χ1n) is 7.50. The summed E-state index contributed by atoms with van der Waals surface area (Å²) < 4.78 is 10.8. The molecule has 0 aliphatic carbocycles. The van der Waals surface area contributed by atoms with Gasteiger partial charge in [-0.2, -0.15) is 11.8 Å². The molecule has 0 bridgehead atoms. The molecule has 1 N–H and O–H groups in total. The zero-order valence-corrected chi connectivity index (χ0v) is 13.5. The summed E-state index contributed by atoms with van der Waals surface area (Å²) in [5.74, 6) is 2.84. The second-order valence-electron chi connectivity index (χ2n) is 4.92. The van der Waals surface area contributed by atoms with Crippen LogP contribution in [-0.2, 0) is 4.74 Å². The van der Waals surface area contributed by atoms with Gasteiger partial charge in [0.2, 0.25) is 0 Å². The number of anilines is 1. The van der Waals surface area contributed by atoms with Crippen molar-refractivity contribution in [1.82, 2.24) is 10.3 Å². The summed E-state index contributed by atoms with van der Waals surface area (Å²) in [5.41, 5.74) is 1.16. The minimum Gasteiger partial charge on any atom is -0.491 e. The molecular formula is C15H25N3O2S. The number of nitrogens with zero attached hydrogens (tertiary/aromatic N) is 2. The summed E-state index contributed by atoms with van der Waals surface area (Å²) >= 11 is 1.84. The van der Waals surface area contributed by atoms with Crippen LogP contribution in [0.15, 0.2) is 18.5 Å². The number of hydrogen-bond donors (Lipinski definition) is 1. The number of hydrogen-bond acceptors (Lipinski definition) is 6. The second kappa shape index (κ2) is 9.87. The van der Waals surface area contributed by atoms with Gasteiger partial charge < -0.3 is 19.7 Å². The fourth-order valence-corrected chi connectivity index (χ4v) is 2.92. The lowest BCUT2D eigenvalue weighted by Gasteiger charge is -2.22. The lowest BCUT2D eigenvalue weighted by atomic mass is 10.3. The van der Waals surface area contributed by atoms with E-state index in [1.54, 1.807) is 13.3 Å². The summed E-state index contributed by atoms with van der Waals surface area (Å²) in [6, 6.07) is 2.10. The summed E-state index contributed by atoms with van der Waals surface area (Å²) in [6.45, 7) is 5.73. The minimum absolute atomic E-state index is 0.709. The van der Waals surface area contributed by atoms with E-state index in [1.165, 1.54) is 6.42 Å². The molecule has 118 valence electrons. The Morgan fingerprint density at radius 2 is 2.14 bits per heavy atom. The van der Waals surface area contributed by atoms with E-state index in [0.717, 1.165) is 55.7 Å². The van der Waals surface area contributed by atoms with Gasteiger partial charge in [-0.1, -0.05) is 0 Å². The highest BCUT2D eigenvalue weighted by Crippen LogP contribution is 2.20. The number of aromatic nitrogens is 1. The number of thioether (sulfide) groups is 1. The van der Waals surface area contributed by atoms with Gasteiger partial charge in [-0.05, 0) is 13.0 Å². The highest BCUT2D eigenvalue weighted by molar-refractivity contribution is 7.99. The Bertz CT molecular complexity index is 398. The van der Waals surface area contributed by atoms with Gasteiger partial charge in [-0.3, -0.25) is 4.98 Å². The molecule has 6 heteroatoms. The third kappa shape index (κ3) is 6.11. The van der Waals surface area contributed by atoms with Crippen molar-refractivity contribution in [3.8, 4) is 5.75 Å². The standard InChI is InChI=1S/C15H25N3O2S/c1-19-7-9-21-10-8-20-15-11-14(12-17-13-15)18-5-2-3-16-4-6-18/h11-13,16H,2-10H2,1H3. The molecule has 5 nitrogen and oxygen atoms in total. The largest absolute Gasteiger partial charge is 0.491 e. The van der Waals surface area contributed by atoms with Crippen LogP contribution in [0.25, 0.3) is 0 Å². The Hall–Kier alpha value is -0.980. The zero-order chi connectivity index (χ0) is 14.8. The van der Waals surface area contributed by atoms with Crippen LogP contribution in [0.3, 0.4) is 0 Å². The first kappa shape index (κ1) is 16.4. The smallest absolute Gasteiger partial charge is 0.139 e. The molecule has 0 amide bonds. The van der Waals surface area contributed by atoms with E-state index in [9.17, 15) is 0 Å². The van der Waals surface area contributed by atoms with Crippen LogP contribution < -0.4 is 15.0 Å². The van der Waals surface area contributed by atoms with Crippen molar-refractivity contribution in [2.75, 3.05) is 62.9 Å². The molecule has 1 fully saturated rings. The molecule has 1 aliphatic rings. The molecule has 1 aromatic heterocycles. The molecule has 0 aromatic carbocycles. The molecule has 0 atom stereocenters. The number of ether oxygens (including phenoxy) is 2. The Balaban J connectivity index is 1.77. The van der Waals surface area contributed by atoms with Gasteiger partial charge in [0, 0.05) is 44.3 Å². The van der Waals surface area contributed by atoms with Gasteiger partial charge >= 0.3 is 0 Å². The van der Waals surface area contributed by atoms with Crippen LogP contribution in [0.5, 0.6) is 5.75 Å². The fraction of sp³-hybridized carbons (Fsp3) is 0.667. The lowest BCUT2D eigenvalue weighted by molar-refractivity contribution is 0.218. The average molecular weight is 311 g/mol. The van der Waals surface area contributed by atoms with Crippen LogP contribution in [-0.4, -0.2) is 63.0 Å². The van der Waals surface area contributed by atoms with E-state index in [0.29, 0.717) is 6.61 Å². The second-order valence-corrected chi connectivity index (χ2v) is 6.15. The summed E-state index contributed by atoms with van der Waals surface area (Å²) in [4.78, 5) is 6.67. The van der Waals surface area contributed by atoms with Crippen LogP contribution in [0, 0.1) is 0 Å². The van der Waals surface area contributed by atoms with E-state index < -0.39 is 0 Å². The Labute approximate surface area is 131 Å². The first-order valence-corrected chi connectivity index (χ1v) is 8.66. The molecule has 2 rings (SSSR count). The van der Waals surface area contributed by atoms with E-state index in [-0.39, 0.29) is 0 Å². The minimum atomic E-state index is 0.709. The van der Waals surface area contributed by atoms with Crippen LogP contribution in [0.1, 0.15) is 6.42 Å². The predicted molar refractivity (Wildman–Crippen MR) is 88.6 cm³/mol. The maximum atomic E-state index is 5.78. The van der Waals surface area contributed by atoms with Crippen molar-refractivity contribution >= 4 is 17.4 Å². The molecular weight excluding hydrogens is 286 g/mol. The van der Waals surface area contributed by atoms with Gasteiger partial charge in [0.05, 0.1) is 31.3 Å². The Kier molecular flexibility index (Phi) is 7.70. The topological polar surface area (TPSA) is 46.6 Å². The molecule has 1 saturated heterocycles. The van der Waals surface area contributed by atoms with Gasteiger partial charge in [0.25, 0.3) is 0 Å². The normalized spacial score (nSPS) is 15.8. The molecule has 0 saturated carbocycles. The predicted octanol–water partition coefficient (Wildman–Crippen LogP) is 1.64. The van der Waals surface area contributed by atoms with Crippen molar-refractivity contribution < 1.29 is 9.47 Å². The van der Waals surface area contributed by atoms with Gasteiger partial charge in [0.1, 0.15) is 5.75 Å². The Morgan fingerprint density at radius 1 is 1.24 bits per heavy atom. The molecule has 21 heavy (non-hydrogen) atoms. The lowest BCUT2D eigenvalue weighted by Crippen LogP contribution is -2.27. The average Bonchev–Trinajstić information content (AvgIpc) is 2.80. The summed E-state index contributed by atoms with van der Waals surface area (Å²) in [6.07, 6.45) is 4.88. The van der Waals surface area contributed by atoms with Gasteiger partial charge in [-0.25, -0.2) is 0 Å². The van der Waals surface area contributed by atoms with Crippen LogP contribution in [0.4, 0.5) is 5.69 Å². The highest BCUT2D eigenvalue weighted by Gasteiger charge is 2.10. The maximum absolute atomic E-state index is 5.78. The molecule has 0 radical (unpaired) electrons. The zero-order valence-electron chi connectivity index (χ0n) is 12.7. The van der Waals surface area contributed by atoms with Gasteiger partial charge in [-0.15, -0.1) is 0 Å². The number of pyridine rings is 1. The van der Waals surface area contributed by atoms with Crippen molar-refractivity contribution in [1.29, 1.82) is 0 Å². The van der Waals surface area contributed by atoms with E-state index in [4.69, 9.17) is 9.47 Å². The SMILES string of the molecule is COCCSCCOc1cncc(N2CCCNCC2)c1. The van der Waals surface area contributed by atoms with E-state index >= 15 is 0 Å². The number of nitrogens with one attached hydrogen (secondary N) is 1. The molecule has 1 aliphatic heterocycles. The highest BCUT2D eigenvalue weighted by atomic mass is 32.2. The molecule has 0 unspecified atom stereocenters. The molecule has 0 spiro atoms. The quantitative estimate of drug-likeness (QED) is 0.737. The van der Waals surface area contributed by atoms with Crippen molar-refractivity contribution in [3.63, 3.8) is 0 Å². The monoisotopic (exact) mass is 311 g/mol. The summed E-state index contributed by atoms with van der Waals surface area (Å²) in [5, 5.41) is 3.41. The fourth-order valence-electron chi connectivity index (χ4n) is 2.23. The van der Waals surface area contributed by atoms with Crippen molar-refractivity contribution in [2.45, 2.75) is 6.42 Å². The van der Waals surface area contributed by atoms with Crippen LogP contribution in [0.2, 0.25) is 0 Å². The van der Waals surface area contributed by atoms with E-state index in [2.05, 4.69) is 21.3 Å². The van der Waals surface area contributed by atoms with Crippen LogP contribution >= 0.6 is 11.8 Å². The Morgan fingerprint density at radius 3 is 3.05 bits per heavy atom. The molecule has 2 heterocycles. The first-order chi connectivity index (χ1) is 10.4. The van der Waals surface area contributed by atoms with Crippen molar-refractivity contribution in [2.24, 2.45) is 0 Å².